The van der Waals surface area contributed by atoms with E-state index in [1.54, 1.807) is 0 Å². The Morgan fingerprint density at radius 3 is 2.54 bits per heavy atom. The Balaban J connectivity index is 1.68. The van der Waals surface area contributed by atoms with Crippen molar-refractivity contribution in [1.82, 2.24) is 14.7 Å². The zero-order valence-electron chi connectivity index (χ0n) is 15.4. The largest absolute Gasteiger partial charge is 0.341 e. The van der Waals surface area contributed by atoms with Gasteiger partial charge >= 0.3 is 0 Å². The molecule has 2 amide bonds. The van der Waals surface area contributed by atoms with Gasteiger partial charge in [0.05, 0.1) is 0 Å². The van der Waals surface area contributed by atoms with E-state index in [1.807, 2.05) is 9.80 Å². The Morgan fingerprint density at radius 2 is 1.83 bits per heavy atom. The molecule has 5 nitrogen and oxygen atoms in total. The number of hydrogen-bond donors (Lipinski definition) is 0. The molecule has 0 aliphatic carbocycles. The van der Waals surface area contributed by atoms with Crippen LogP contribution in [0.4, 0.5) is 0 Å². The number of carbonyl (C=O) groups is 2. The highest BCUT2D eigenvalue weighted by Crippen LogP contribution is 2.39. The lowest BCUT2D eigenvalue weighted by Crippen LogP contribution is -2.51. The average Bonchev–Trinajstić information content (AvgIpc) is 3.15. The van der Waals surface area contributed by atoms with Gasteiger partial charge in [-0.15, -0.1) is 0 Å². The molecule has 1 spiro atoms. The van der Waals surface area contributed by atoms with E-state index in [4.69, 9.17) is 0 Å². The summed E-state index contributed by atoms with van der Waals surface area (Å²) in [6.07, 6.45) is 8.15. The van der Waals surface area contributed by atoms with Crippen LogP contribution >= 0.6 is 0 Å². The maximum absolute atomic E-state index is 12.6. The lowest BCUT2D eigenvalue weighted by molar-refractivity contribution is -0.141. The van der Waals surface area contributed by atoms with E-state index in [9.17, 15) is 9.59 Å². The second kappa shape index (κ2) is 7.42. The van der Waals surface area contributed by atoms with Crippen LogP contribution in [0.1, 0.15) is 65.2 Å². The number of amides is 2. The van der Waals surface area contributed by atoms with Gasteiger partial charge in [0, 0.05) is 37.6 Å². The second-order valence-corrected chi connectivity index (χ2v) is 7.94. The minimum absolute atomic E-state index is 0.0608. The summed E-state index contributed by atoms with van der Waals surface area (Å²) in [5, 5.41) is 0. The molecule has 2 atom stereocenters. The zero-order chi connectivity index (χ0) is 17.2. The molecule has 3 fully saturated rings. The van der Waals surface area contributed by atoms with Crippen molar-refractivity contribution in [1.29, 1.82) is 0 Å². The maximum atomic E-state index is 12.6. The quantitative estimate of drug-likeness (QED) is 0.791. The number of nitrogens with zero attached hydrogens (tertiary/aromatic N) is 3. The first-order chi connectivity index (χ1) is 11.6. The molecule has 24 heavy (non-hydrogen) atoms. The van der Waals surface area contributed by atoms with Gasteiger partial charge in [-0.25, -0.2) is 0 Å². The van der Waals surface area contributed by atoms with Crippen molar-refractivity contribution < 1.29 is 9.59 Å². The smallest absolute Gasteiger partial charge is 0.242 e. The molecule has 0 aromatic carbocycles. The summed E-state index contributed by atoms with van der Waals surface area (Å²) in [6.45, 7) is 8.76. The lowest BCUT2D eigenvalue weighted by Gasteiger charge is -2.38. The van der Waals surface area contributed by atoms with Crippen LogP contribution in [-0.2, 0) is 9.59 Å². The summed E-state index contributed by atoms with van der Waals surface area (Å²) in [5.74, 6) is 0.352. The molecule has 5 heteroatoms. The van der Waals surface area contributed by atoms with Crippen molar-refractivity contribution in [2.75, 3.05) is 32.7 Å². The molecule has 3 saturated heterocycles. The molecule has 3 aliphatic rings. The first-order valence-electron chi connectivity index (χ1n) is 9.88. The fourth-order valence-corrected chi connectivity index (χ4v) is 4.75. The van der Waals surface area contributed by atoms with Gasteiger partial charge in [-0.05, 0) is 58.4 Å². The first-order valence-corrected chi connectivity index (χ1v) is 9.88. The van der Waals surface area contributed by atoms with Gasteiger partial charge in [-0.2, -0.15) is 0 Å². The molecule has 3 aliphatic heterocycles. The molecule has 3 heterocycles. The van der Waals surface area contributed by atoms with Crippen LogP contribution in [0.25, 0.3) is 0 Å². The molecule has 0 aromatic heterocycles. The minimum atomic E-state index is -0.0608. The Labute approximate surface area is 146 Å². The zero-order valence-corrected chi connectivity index (χ0v) is 15.4. The predicted molar refractivity (Wildman–Crippen MR) is 94.7 cm³/mol. The van der Waals surface area contributed by atoms with E-state index in [2.05, 4.69) is 18.7 Å². The van der Waals surface area contributed by atoms with E-state index in [1.165, 1.54) is 6.42 Å². The molecule has 3 rings (SSSR count). The van der Waals surface area contributed by atoms with E-state index in [-0.39, 0.29) is 17.4 Å². The van der Waals surface area contributed by atoms with Crippen molar-refractivity contribution in [2.45, 2.75) is 76.8 Å². The van der Waals surface area contributed by atoms with Gasteiger partial charge in [-0.3, -0.25) is 9.59 Å². The Morgan fingerprint density at radius 1 is 1.08 bits per heavy atom. The number of carbonyl (C=O) groups excluding carboxylic acids is 2. The third-order valence-electron chi connectivity index (χ3n) is 6.60. The van der Waals surface area contributed by atoms with Gasteiger partial charge in [0.25, 0.3) is 0 Å². The van der Waals surface area contributed by atoms with Crippen molar-refractivity contribution >= 4 is 11.8 Å². The van der Waals surface area contributed by atoms with E-state index >= 15 is 0 Å². The Kier molecular flexibility index (Phi) is 5.48. The van der Waals surface area contributed by atoms with Crippen LogP contribution in [0.2, 0.25) is 0 Å². The lowest BCUT2D eigenvalue weighted by atomic mass is 9.87. The molecule has 136 valence electrons. The van der Waals surface area contributed by atoms with Crippen molar-refractivity contribution in [2.24, 2.45) is 0 Å². The Hall–Kier alpha value is -1.10. The number of rotatable bonds is 4. The molecule has 0 bridgehead atoms. The summed E-state index contributed by atoms with van der Waals surface area (Å²) in [4.78, 5) is 31.6. The number of likely N-dealkylation sites (tertiary alicyclic amines) is 3. The van der Waals surface area contributed by atoms with Crippen LogP contribution in [0, 0.1) is 0 Å². The van der Waals surface area contributed by atoms with Crippen LogP contribution in [-0.4, -0.2) is 70.8 Å². The predicted octanol–water partition coefficient (Wildman–Crippen LogP) is 2.25. The van der Waals surface area contributed by atoms with Crippen molar-refractivity contribution in [3.63, 3.8) is 0 Å². The molecular weight excluding hydrogens is 302 g/mol. The average molecular weight is 335 g/mol. The number of hydrogen-bond acceptors (Lipinski definition) is 3. The fraction of sp³-hybridized carbons (Fsp3) is 0.895. The summed E-state index contributed by atoms with van der Waals surface area (Å²) < 4.78 is 0. The van der Waals surface area contributed by atoms with E-state index < -0.39 is 0 Å². The standard InChI is InChI=1S/C19H33N3O2/c1-3-16(2)20-13-6-8-19(10-14-20)9-7-17(23)22(19)15-18(24)21-11-4-5-12-21/h16H,3-15H2,1-2H3/t16-,19-/m0/s1. The molecule has 0 unspecified atom stereocenters. The fourth-order valence-electron chi connectivity index (χ4n) is 4.75. The maximum Gasteiger partial charge on any atom is 0.242 e. The highest BCUT2D eigenvalue weighted by atomic mass is 16.2. The molecule has 0 N–H and O–H groups in total. The van der Waals surface area contributed by atoms with Crippen LogP contribution < -0.4 is 0 Å². The second-order valence-electron chi connectivity index (χ2n) is 7.94. The Bertz CT molecular complexity index is 475. The van der Waals surface area contributed by atoms with E-state index in [0.717, 1.165) is 64.7 Å². The highest BCUT2D eigenvalue weighted by molar-refractivity contribution is 5.87. The topological polar surface area (TPSA) is 43.9 Å². The van der Waals surface area contributed by atoms with Crippen molar-refractivity contribution in [3.8, 4) is 0 Å². The van der Waals surface area contributed by atoms with Gasteiger partial charge in [0.1, 0.15) is 6.54 Å². The minimum Gasteiger partial charge on any atom is -0.341 e. The monoisotopic (exact) mass is 335 g/mol. The SMILES string of the molecule is CC[C@H](C)N1CCC[C@]2(CCC(=O)N2CC(=O)N2CCCC2)CC1. The summed E-state index contributed by atoms with van der Waals surface area (Å²) in [6, 6.07) is 0.608. The van der Waals surface area contributed by atoms with Crippen LogP contribution in [0.3, 0.4) is 0 Å². The van der Waals surface area contributed by atoms with Gasteiger partial charge in [-0.1, -0.05) is 6.92 Å². The first kappa shape index (κ1) is 17.7. The van der Waals surface area contributed by atoms with Crippen LogP contribution in [0.15, 0.2) is 0 Å². The molecular formula is C19H33N3O2. The van der Waals surface area contributed by atoms with E-state index in [0.29, 0.717) is 19.0 Å². The highest BCUT2D eigenvalue weighted by Gasteiger charge is 2.46. The molecule has 0 aromatic rings. The normalized spacial score (nSPS) is 30.2. The summed E-state index contributed by atoms with van der Waals surface area (Å²) in [5.41, 5.74) is -0.0608. The van der Waals surface area contributed by atoms with Gasteiger partial charge in [0.15, 0.2) is 0 Å². The third-order valence-corrected chi connectivity index (χ3v) is 6.60. The summed E-state index contributed by atoms with van der Waals surface area (Å²) >= 11 is 0. The van der Waals surface area contributed by atoms with Gasteiger partial charge in [0.2, 0.25) is 11.8 Å². The molecule has 0 saturated carbocycles. The molecule has 0 radical (unpaired) electrons. The summed E-state index contributed by atoms with van der Waals surface area (Å²) in [7, 11) is 0. The van der Waals surface area contributed by atoms with Crippen LogP contribution in [0.5, 0.6) is 0 Å². The van der Waals surface area contributed by atoms with Crippen molar-refractivity contribution in [3.05, 3.63) is 0 Å². The third kappa shape index (κ3) is 3.46. The van der Waals surface area contributed by atoms with Gasteiger partial charge < -0.3 is 14.7 Å².